The molecule has 1 aliphatic rings. The highest BCUT2D eigenvalue weighted by Gasteiger charge is 2.10. The monoisotopic (exact) mass is 189 g/mol. The lowest BCUT2D eigenvalue weighted by Crippen LogP contribution is -2.39. The number of piperazine rings is 1. The van der Waals surface area contributed by atoms with E-state index in [1.807, 2.05) is 0 Å². The lowest BCUT2D eigenvalue weighted by molar-refractivity contribution is 0.230. The second kappa shape index (κ2) is 4.58. The maximum Gasteiger partial charge on any atom is 0.0261 e. The summed E-state index contributed by atoms with van der Waals surface area (Å²) in [5, 5.41) is 4.35. The zero-order chi connectivity index (χ0) is 9.80. The molecule has 0 aliphatic carbocycles. The SMILES string of the molecule is Cc1ccccc1CN1CC[N]CC1. The Balaban J connectivity index is 1.99. The molecule has 0 aromatic heterocycles. The van der Waals surface area contributed by atoms with Gasteiger partial charge in [0, 0.05) is 32.7 Å². The molecule has 14 heavy (non-hydrogen) atoms. The first-order chi connectivity index (χ1) is 6.86. The molecule has 0 amide bonds. The Morgan fingerprint density at radius 1 is 1.21 bits per heavy atom. The molecule has 75 valence electrons. The van der Waals surface area contributed by atoms with Crippen LogP contribution in [0, 0.1) is 6.92 Å². The molecule has 0 saturated carbocycles. The molecule has 0 N–H and O–H groups in total. The second-order valence-corrected chi connectivity index (χ2v) is 3.87. The fourth-order valence-corrected chi connectivity index (χ4v) is 1.83. The molecule has 0 atom stereocenters. The van der Waals surface area contributed by atoms with Crippen LogP contribution < -0.4 is 5.32 Å². The Hall–Kier alpha value is -0.860. The van der Waals surface area contributed by atoms with Crippen LogP contribution in [0.3, 0.4) is 0 Å². The van der Waals surface area contributed by atoms with Crippen molar-refractivity contribution in [1.29, 1.82) is 0 Å². The summed E-state index contributed by atoms with van der Waals surface area (Å²) in [5.41, 5.74) is 2.85. The summed E-state index contributed by atoms with van der Waals surface area (Å²) < 4.78 is 0. The molecule has 2 heteroatoms. The normalized spacial score (nSPS) is 18.4. The molecule has 1 aromatic rings. The van der Waals surface area contributed by atoms with Crippen LogP contribution in [0.25, 0.3) is 0 Å². The van der Waals surface area contributed by atoms with Crippen molar-refractivity contribution in [2.24, 2.45) is 0 Å². The molecule has 1 heterocycles. The first-order valence-electron chi connectivity index (χ1n) is 5.26. The predicted octanol–water partition coefficient (Wildman–Crippen LogP) is 1.42. The van der Waals surface area contributed by atoms with E-state index in [-0.39, 0.29) is 0 Å². The summed E-state index contributed by atoms with van der Waals surface area (Å²) in [6.07, 6.45) is 0. The Morgan fingerprint density at radius 3 is 2.64 bits per heavy atom. The number of nitrogens with zero attached hydrogens (tertiary/aromatic N) is 2. The van der Waals surface area contributed by atoms with Gasteiger partial charge in [-0.25, -0.2) is 5.32 Å². The van der Waals surface area contributed by atoms with Crippen LogP contribution in [-0.2, 0) is 6.54 Å². The van der Waals surface area contributed by atoms with Crippen LogP contribution in [0.2, 0.25) is 0 Å². The zero-order valence-corrected chi connectivity index (χ0v) is 8.74. The number of hydrogen-bond acceptors (Lipinski definition) is 1. The lowest BCUT2D eigenvalue weighted by Gasteiger charge is -2.26. The Kier molecular flexibility index (Phi) is 3.17. The molecule has 2 nitrogen and oxygen atoms in total. The lowest BCUT2D eigenvalue weighted by atomic mass is 10.1. The third-order valence-corrected chi connectivity index (χ3v) is 2.80. The van der Waals surface area contributed by atoms with Gasteiger partial charge in [-0.1, -0.05) is 24.3 Å². The average Bonchev–Trinajstić information content (AvgIpc) is 2.23. The third kappa shape index (κ3) is 2.34. The van der Waals surface area contributed by atoms with Gasteiger partial charge in [0.05, 0.1) is 0 Å². The van der Waals surface area contributed by atoms with Crippen molar-refractivity contribution in [2.45, 2.75) is 13.5 Å². The van der Waals surface area contributed by atoms with E-state index in [0.29, 0.717) is 0 Å². The van der Waals surface area contributed by atoms with Crippen LogP contribution in [0.5, 0.6) is 0 Å². The molecular formula is C12H17N2. The summed E-state index contributed by atoms with van der Waals surface area (Å²) >= 11 is 0. The van der Waals surface area contributed by atoms with E-state index >= 15 is 0 Å². The fraction of sp³-hybridized carbons (Fsp3) is 0.500. The molecule has 1 fully saturated rings. The summed E-state index contributed by atoms with van der Waals surface area (Å²) in [5.74, 6) is 0. The molecule has 0 spiro atoms. The molecular weight excluding hydrogens is 172 g/mol. The predicted molar refractivity (Wildman–Crippen MR) is 58.3 cm³/mol. The summed E-state index contributed by atoms with van der Waals surface area (Å²) in [7, 11) is 0. The highest BCUT2D eigenvalue weighted by Crippen LogP contribution is 2.10. The summed E-state index contributed by atoms with van der Waals surface area (Å²) in [6, 6.07) is 8.63. The van der Waals surface area contributed by atoms with Gasteiger partial charge in [-0.3, -0.25) is 4.90 Å². The Morgan fingerprint density at radius 2 is 1.93 bits per heavy atom. The number of aryl methyl sites for hydroxylation is 1. The van der Waals surface area contributed by atoms with Crippen molar-refractivity contribution in [3.05, 3.63) is 35.4 Å². The van der Waals surface area contributed by atoms with E-state index < -0.39 is 0 Å². The minimum atomic E-state index is 1.01. The highest BCUT2D eigenvalue weighted by atomic mass is 15.2. The number of rotatable bonds is 2. The van der Waals surface area contributed by atoms with E-state index in [1.54, 1.807) is 0 Å². The maximum atomic E-state index is 4.35. The minimum Gasteiger partial charge on any atom is -0.296 e. The molecule has 1 radical (unpaired) electrons. The first-order valence-corrected chi connectivity index (χ1v) is 5.26. The van der Waals surface area contributed by atoms with Crippen LogP contribution in [0.15, 0.2) is 24.3 Å². The summed E-state index contributed by atoms with van der Waals surface area (Å²) in [4.78, 5) is 2.48. The van der Waals surface area contributed by atoms with Crippen molar-refractivity contribution in [3.8, 4) is 0 Å². The second-order valence-electron chi connectivity index (χ2n) is 3.87. The van der Waals surface area contributed by atoms with Crippen molar-refractivity contribution >= 4 is 0 Å². The van der Waals surface area contributed by atoms with Gasteiger partial charge in [0.2, 0.25) is 0 Å². The van der Waals surface area contributed by atoms with Crippen molar-refractivity contribution in [2.75, 3.05) is 26.2 Å². The van der Waals surface area contributed by atoms with Crippen LogP contribution >= 0.6 is 0 Å². The number of benzene rings is 1. The Bertz CT molecular complexity index is 290. The van der Waals surface area contributed by atoms with E-state index in [4.69, 9.17) is 0 Å². The fourth-order valence-electron chi connectivity index (χ4n) is 1.83. The molecule has 0 bridgehead atoms. The van der Waals surface area contributed by atoms with Gasteiger partial charge in [-0.15, -0.1) is 0 Å². The Labute approximate surface area is 85.9 Å². The van der Waals surface area contributed by atoms with Crippen molar-refractivity contribution in [1.82, 2.24) is 10.2 Å². The standard InChI is InChI=1S/C12H17N2/c1-11-4-2-3-5-12(11)10-14-8-6-13-7-9-14/h2-5H,6-10H2,1H3. The molecule has 0 unspecified atom stereocenters. The minimum absolute atomic E-state index is 1.01. The van der Waals surface area contributed by atoms with Gasteiger partial charge in [0.15, 0.2) is 0 Å². The average molecular weight is 189 g/mol. The first kappa shape index (κ1) is 9.69. The van der Waals surface area contributed by atoms with Crippen molar-refractivity contribution < 1.29 is 0 Å². The number of hydrogen-bond donors (Lipinski definition) is 0. The summed E-state index contributed by atoms with van der Waals surface area (Å²) in [6.45, 7) is 7.52. The topological polar surface area (TPSA) is 17.3 Å². The smallest absolute Gasteiger partial charge is 0.0261 e. The van der Waals surface area contributed by atoms with Gasteiger partial charge in [0.1, 0.15) is 0 Å². The van der Waals surface area contributed by atoms with E-state index in [0.717, 1.165) is 32.7 Å². The highest BCUT2D eigenvalue weighted by molar-refractivity contribution is 5.25. The van der Waals surface area contributed by atoms with Crippen LogP contribution in [0.1, 0.15) is 11.1 Å². The molecule has 1 saturated heterocycles. The maximum absolute atomic E-state index is 4.35. The van der Waals surface area contributed by atoms with Gasteiger partial charge >= 0.3 is 0 Å². The zero-order valence-electron chi connectivity index (χ0n) is 8.74. The van der Waals surface area contributed by atoms with Gasteiger partial charge in [-0.2, -0.15) is 0 Å². The van der Waals surface area contributed by atoms with Gasteiger partial charge in [0.25, 0.3) is 0 Å². The molecule has 1 aliphatic heterocycles. The van der Waals surface area contributed by atoms with Crippen LogP contribution in [-0.4, -0.2) is 31.1 Å². The van der Waals surface area contributed by atoms with E-state index in [2.05, 4.69) is 41.4 Å². The quantitative estimate of drug-likeness (QED) is 0.687. The van der Waals surface area contributed by atoms with Crippen molar-refractivity contribution in [3.63, 3.8) is 0 Å². The largest absolute Gasteiger partial charge is 0.296 e. The molecule has 1 aromatic carbocycles. The van der Waals surface area contributed by atoms with Gasteiger partial charge < -0.3 is 0 Å². The molecule has 2 rings (SSSR count). The van der Waals surface area contributed by atoms with E-state index in [9.17, 15) is 0 Å². The van der Waals surface area contributed by atoms with E-state index in [1.165, 1.54) is 11.1 Å². The van der Waals surface area contributed by atoms with Gasteiger partial charge in [-0.05, 0) is 18.1 Å². The van der Waals surface area contributed by atoms with Crippen LogP contribution in [0.4, 0.5) is 0 Å². The third-order valence-electron chi connectivity index (χ3n) is 2.80.